The van der Waals surface area contributed by atoms with Gasteiger partial charge in [0.25, 0.3) is 0 Å². The van der Waals surface area contributed by atoms with Gasteiger partial charge >= 0.3 is 5.97 Å². The lowest BCUT2D eigenvalue weighted by atomic mass is 10.0. The highest BCUT2D eigenvalue weighted by atomic mass is 16.4. The molecule has 0 radical (unpaired) electrons. The molecule has 7 nitrogen and oxygen atoms in total. The molecule has 2 atom stereocenters. The average molecular weight is 349 g/mol. The Balaban J connectivity index is 1.45. The Hall–Kier alpha value is -3.19. The summed E-state index contributed by atoms with van der Waals surface area (Å²) in [6.07, 6.45) is 4.32. The number of nitrogens with zero attached hydrogens (tertiary/aromatic N) is 2. The zero-order valence-electron chi connectivity index (χ0n) is 14.0. The summed E-state index contributed by atoms with van der Waals surface area (Å²) in [5.41, 5.74) is 6.57. The van der Waals surface area contributed by atoms with Crippen molar-refractivity contribution in [2.45, 2.75) is 25.0 Å². The zero-order chi connectivity index (χ0) is 17.9. The van der Waals surface area contributed by atoms with Crippen LogP contribution in [0.1, 0.15) is 17.7 Å². The van der Waals surface area contributed by atoms with E-state index in [1.54, 1.807) is 6.20 Å². The molecule has 4 N–H and O–H groups in total. The lowest BCUT2D eigenvalue weighted by Gasteiger charge is -2.19. The maximum Gasteiger partial charge on any atom is 0.321 e. The number of rotatable bonds is 6. The molecular weight excluding hydrogens is 330 g/mol. The van der Waals surface area contributed by atoms with Gasteiger partial charge in [-0.05, 0) is 23.8 Å². The first kappa shape index (κ1) is 16.3. The fourth-order valence-electron chi connectivity index (χ4n) is 3.21. The minimum Gasteiger partial charge on any atom is -0.480 e. The van der Waals surface area contributed by atoms with Crippen molar-refractivity contribution < 1.29 is 9.90 Å². The SMILES string of the molecule is O=C(O)[C@@H](Cc1c[nH]c2ccccc12)N[C@@H]1CC(c2ccccn2)=NN1. The third-order valence-electron chi connectivity index (χ3n) is 4.51. The van der Waals surface area contributed by atoms with Crippen molar-refractivity contribution in [1.82, 2.24) is 20.7 Å². The van der Waals surface area contributed by atoms with Gasteiger partial charge in [0, 0.05) is 36.1 Å². The van der Waals surface area contributed by atoms with Gasteiger partial charge in [-0.15, -0.1) is 0 Å². The third kappa shape index (κ3) is 3.29. The van der Waals surface area contributed by atoms with Gasteiger partial charge in [0.05, 0.1) is 17.6 Å². The summed E-state index contributed by atoms with van der Waals surface area (Å²) in [6.45, 7) is 0. The van der Waals surface area contributed by atoms with E-state index >= 15 is 0 Å². The molecule has 0 saturated heterocycles. The number of carbonyl (C=O) groups is 1. The van der Waals surface area contributed by atoms with E-state index < -0.39 is 12.0 Å². The number of hydrazone groups is 1. The summed E-state index contributed by atoms with van der Waals surface area (Å²) >= 11 is 0. The van der Waals surface area contributed by atoms with Crippen LogP contribution in [0.4, 0.5) is 0 Å². The van der Waals surface area contributed by atoms with E-state index in [9.17, 15) is 9.90 Å². The second-order valence-electron chi connectivity index (χ2n) is 6.28. The van der Waals surface area contributed by atoms with E-state index in [0.29, 0.717) is 12.8 Å². The van der Waals surface area contributed by atoms with Crippen LogP contribution >= 0.6 is 0 Å². The summed E-state index contributed by atoms with van der Waals surface area (Å²) in [5, 5.41) is 18.1. The van der Waals surface area contributed by atoms with Gasteiger partial charge in [-0.1, -0.05) is 24.3 Å². The fraction of sp³-hybridized carbons (Fsp3) is 0.211. The molecule has 4 rings (SSSR count). The molecule has 1 aromatic carbocycles. The van der Waals surface area contributed by atoms with Gasteiger partial charge in [0.1, 0.15) is 6.04 Å². The van der Waals surface area contributed by atoms with E-state index in [-0.39, 0.29) is 6.17 Å². The maximum absolute atomic E-state index is 11.8. The molecule has 0 spiro atoms. The molecule has 26 heavy (non-hydrogen) atoms. The number of para-hydroxylation sites is 1. The Labute approximate surface area is 150 Å². The highest BCUT2D eigenvalue weighted by Gasteiger charge is 2.27. The molecule has 7 heteroatoms. The minimum absolute atomic E-state index is 0.238. The molecule has 132 valence electrons. The van der Waals surface area contributed by atoms with Gasteiger partial charge in [-0.3, -0.25) is 20.5 Å². The third-order valence-corrected chi connectivity index (χ3v) is 4.51. The van der Waals surface area contributed by atoms with Crippen molar-refractivity contribution in [3.8, 4) is 0 Å². The predicted molar refractivity (Wildman–Crippen MR) is 98.9 cm³/mol. The molecule has 0 aliphatic carbocycles. The van der Waals surface area contributed by atoms with Crippen molar-refractivity contribution in [2.75, 3.05) is 0 Å². The first-order valence-electron chi connectivity index (χ1n) is 8.48. The number of aromatic nitrogens is 2. The van der Waals surface area contributed by atoms with Crippen LogP contribution in [-0.4, -0.2) is 39.0 Å². The topological polar surface area (TPSA) is 102 Å². The number of aromatic amines is 1. The summed E-state index contributed by atoms with van der Waals surface area (Å²) in [7, 11) is 0. The fourth-order valence-corrected chi connectivity index (χ4v) is 3.21. The Morgan fingerprint density at radius 1 is 1.27 bits per heavy atom. The largest absolute Gasteiger partial charge is 0.480 e. The Kier molecular flexibility index (Phi) is 4.37. The summed E-state index contributed by atoms with van der Waals surface area (Å²) in [5.74, 6) is -0.886. The minimum atomic E-state index is -0.886. The zero-order valence-corrected chi connectivity index (χ0v) is 14.0. The number of carboxylic acids is 1. The van der Waals surface area contributed by atoms with Gasteiger partial charge < -0.3 is 10.1 Å². The van der Waals surface area contributed by atoms with Crippen LogP contribution in [0.25, 0.3) is 10.9 Å². The monoisotopic (exact) mass is 349 g/mol. The standard InChI is InChI=1S/C19H19N5O2/c25-19(26)17(9-12-11-21-14-6-2-1-5-13(12)14)22-18-10-16(23-24-18)15-7-3-4-8-20-15/h1-8,11,17-18,21-22,24H,9-10H2,(H,25,26)/t17-,18+/m1/s1. The number of pyridine rings is 1. The van der Waals surface area contributed by atoms with Crippen molar-refractivity contribution in [3.63, 3.8) is 0 Å². The van der Waals surface area contributed by atoms with Crippen LogP contribution in [0.3, 0.4) is 0 Å². The number of hydrogen-bond acceptors (Lipinski definition) is 5. The number of hydrogen-bond donors (Lipinski definition) is 4. The molecule has 3 heterocycles. The van der Waals surface area contributed by atoms with Crippen LogP contribution < -0.4 is 10.7 Å². The van der Waals surface area contributed by atoms with Crippen LogP contribution in [0, 0.1) is 0 Å². The Bertz CT molecular complexity index is 951. The first-order chi connectivity index (χ1) is 12.7. The quantitative estimate of drug-likeness (QED) is 0.544. The van der Waals surface area contributed by atoms with Crippen molar-refractivity contribution in [2.24, 2.45) is 5.10 Å². The van der Waals surface area contributed by atoms with Gasteiger partial charge in [0.15, 0.2) is 0 Å². The molecule has 1 aliphatic heterocycles. The van der Waals surface area contributed by atoms with Crippen LogP contribution in [-0.2, 0) is 11.2 Å². The molecule has 0 saturated carbocycles. The number of H-pyrrole nitrogens is 1. The van der Waals surface area contributed by atoms with E-state index in [2.05, 4.69) is 25.8 Å². The molecule has 2 aromatic heterocycles. The van der Waals surface area contributed by atoms with Gasteiger partial charge in [0.2, 0.25) is 0 Å². The van der Waals surface area contributed by atoms with Crippen LogP contribution in [0.15, 0.2) is 60.0 Å². The number of nitrogens with one attached hydrogen (secondary N) is 3. The molecule has 0 amide bonds. The normalized spacial score (nSPS) is 17.7. The summed E-state index contributed by atoms with van der Waals surface area (Å²) < 4.78 is 0. The van der Waals surface area contributed by atoms with Crippen molar-refractivity contribution in [1.29, 1.82) is 0 Å². The number of fused-ring (bicyclic) bond motifs is 1. The molecule has 3 aromatic rings. The van der Waals surface area contributed by atoms with Crippen LogP contribution in [0.5, 0.6) is 0 Å². The van der Waals surface area contributed by atoms with E-state index in [4.69, 9.17) is 0 Å². The Morgan fingerprint density at radius 3 is 2.92 bits per heavy atom. The smallest absolute Gasteiger partial charge is 0.321 e. The molecule has 0 bridgehead atoms. The maximum atomic E-state index is 11.8. The van der Waals surface area contributed by atoms with E-state index in [1.807, 2.05) is 48.7 Å². The number of benzene rings is 1. The second kappa shape index (κ2) is 6.97. The van der Waals surface area contributed by atoms with Gasteiger partial charge in [-0.2, -0.15) is 5.10 Å². The lowest BCUT2D eigenvalue weighted by Crippen LogP contribution is -2.48. The second-order valence-corrected chi connectivity index (χ2v) is 6.28. The predicted octanol–water partition coefficient (Wildman–Crippen LogP) is 1.87. The number of carboxylic acid groups (broad SMARTS) is 1. The number of aliphatic carboxylic acids is 1. The lowest BCUT2D eigenvalue weighted by molar-refractivity contribution is -0.139. The Morgan fingerprint density at radius 2 is 2.12 bits per heavy atom. The van der Waals surface area contributed by atoms with Crippen LogP contribution in [0.2, 0.25) is 0 Å². The molecule has 1 aliphatic rings. The van der Waals surface area contributed by atoms with Crippen molar-refractivity contribution >= 4 is 22.6 Å². The molecule has 0 unspecified atom stereocenters. The van der Waals surface area contributed by atoms with Gasteiger partial charge in [-0.25, -0.2) is 0 Å². The van der Waals surface area contributed by atoms with Crippen molar-refractivity contribution in [3.05, 3.63) is 66.1 Å². The highest BCUT2D eigenvalue weighted by Crippen LogP contribution is 2.19. The summed E-state index contributed by atoms with van der Waals surface area (Å²) in [4.78, 5) is 19.2. The molecule has 0 fully saturated rings. The first-order valence-corrected chi connectivity index (χ1v) is 8.48. The average Bonchev–Trinajstić information content (AvgIpc) is 3.29. The highest BCUT2D eigenvalue weighted by molar-refractivity contribution is 6.00. The molecular formula is C19H19N5O2. The van der Waals surface area contributed by atoms with E-state index in [0.717, 1.165) is 27.9 Å². The van der Waals surface area contributed by atoms with E-state index in [1.165, 1.54) is 0 Å². The summed E-state index contributed by atoms with van der Waals surface area (Å²) in [6, 6.07) is 12.8.